The van der Waals surface area contributed by atoms with Crippen LogP contribution in [0.1, 0.15) is 32.3 Å². The van der Waals surface area contributed by atoms with Gasteiger partial charge in [-0.3, -0.25) is 9.89 Å². The molecule has 0 saturated carbocycles. The Balaban J connectivity index is 1.85. The minimum Gasteiger partial charge on any atom is -0.352 e. The van der Waals surface area contributed by atoms with Gasteiger partial charge < -0.3 is 5.32 Å². The number of nitrogens with one attached hydrogen (secondary N) is 2. The molecule has 0 unspecified atom stereocenters. The molecule has 1 fully saturated rings. The molecule has 8 heteroatoms. The number of aromatic amines is 1. The van der Waals surface area contributed by atoms with E-state index in [-0.39, 0.29) is 17.9 Å². The monoisotopic (exact) mass is 342 g/mol. The molecule has 2 rings (SSSR count). The zero-order chi connectivity index (χ0) is 17.0. The smallest absolute Gasteiger partial charge is 0.220 e. The summed E-state index contributed by atoms with van der Waals surface area (Å²) in [6.45, 7) is 4.98. The molecule has 0 radical (unpaired) electrons. The number of rotatable bonds is 7. The van der Waals surface area contributed by atoms with Crippen LogP contribution in [0.4, 0.5) is 0 Å². The molecule has 23 heavy (non-hydrogen) atoms. The van der Waals surface area contributed by atoms with E-state index in [1.807, 2.05) is 6.20 Å². The summed E-state index contributed by atoms with van der Waals surface area (Å²) in [6.07, 6.45) is 6.80. The van der Waals surface area contributed by atoms with Gasteiger partial charge in [-0.2, -0.15) is 9.40 Å². The van der Waals surface area contributed by atoms with E-state index in [1.54, 1.807) is 6.20 Å². The zero-order valence-corrected chi connectivity index (χ0v) is 14.8. The average molecular weight is 342 g/mol. The number of sulfonamides is 1. The largest absolute Gasteiger partial charge is 0.352 e. The second kappa shape index (κ2) is 7.44. The molecule has 0 aromatic carbocycles. The SMILES string of the molecule is CC(C)[C@@H]1CN(S(C)(=O)=O)C[C@H]1NC(=O)CCCc1cn[nH]c1. The second-order valence-electron chi connectivity index (χ2n) is 6.62. The van der Waals surface area contributed by atoms with Gasteiger partial charge in [0.2, 0.25) is 15.9 Å². The van der Waals surface area contributed by atoms with E-state index in [4.69, 9.17) is 0 Å². The van der Waals surface area contributed by atoms with Crippen molar-refractivity contribution < 1.29 is 13.2 Å². The van der Waals surface area contributed by atoms with E-state index in [9.17, 15) is 13.2 Å². The quantitative estimate of drug-likeness (QED) is 0.765. The average Bonchev–Trinajstić information content (AvgIpc) is 3.07. The lowest BCUT2D eigenvalue weighted by molar-refractivity contribution is -0.122. The fourth-order valence-electron chi connectivity index (χ4n) is 3.04. The summed E-state index contributed by atoms with van der Waals surface area (Å²) in [5, 5.41) is 9.65. The van der Waals surface area contributed by atoms with E-state index >= 15 is 0 Å². The van der Waals surface area contributed by atoms with E-state index in [1.165, 1.54) is 10.6 Å². The third kappa shape index (κ3) is 5.04. The Labute approximate surface area is 137 Å². The van der Waals surface area contributed by atoms with Crippen LogP contribution in [0.3, 0.4) is 0 Å². The highest BCUT2D eigenvalue weighted by Crippen LogP contribution is 2.26. The first kappa shape index (κ1) is 17.9. The number of amides is 1. The minimum absolute atomic E-state index is 0.0144. The van der Waals surface area contributed by atoms with Crippen molar-refractivity contribution in [1.82, 2.24) is 19.8 Å². The van der Waals surface area contributed by atoms with Gasteiger partial charge in [-0.15, -0.1) is 0 Å². The first-order valence-corrected chi connectivity index (χ1v) is 9.84. The van der Waals surface area contributed by atoms with Crippen molar-refractivity contribution in [3.05, 3.63) is 18.0 Å². The number of aromatic nitrogens is 2. The summed E-state index contributed by atoms with van der Waals surface area (Å²) < 4.78 is 24.9. The third-order valence-corrected chi connectivity index (χ3v) is 5.66. The lowest BCUT2D eigenvalue weighted by atomic mass is 9.91. The molecule has 2 heterocycles. The Morgan fingerprint density at radius 3 is 2.78 bits per heavy atom. The summed E-state index contributed by atoms with van der Waals surface area (Å²) >= 11 is 0. The van der Waals surface area contributed by atoms with Gasteiger partial charge >= 0.3 is 0 Å². The van der Waals surface area contributed by atoms with Crippen molar-refractivity contribution in [3.63, 3.8) is 0 Å². The van der Waals surface area contributed by atoms with Gasteiger partial charge in [-0.25, -0.2) is 8.42 Å². The fraction of sp³-hybridized carbons (Fsp3) is 0.733. The predicted molar refractivity (Wildman–Crippen MR) is 88.2 cm³/mol. The molecule has 1 aromatic heterocycles. The highest BCUT2D eigenvalue weighted by molar-refractivity contribution is 7.88. The molecule has 1 amide bonds. The number of carbonyl (C=O) groups is 1. The van der Waals surface area contributed by atoms with E-state index in [0.29, 0.717) is 25.4 Å². The number of aryl methyl sites for hydroxylation is 1. The van der Waals surface area contributed by atoms with Gasteiger partial charge in [0.15, 0.2) is 0 Å². The van der Waals surface area contributed by atoms with Gasteiger partial charge in [0.1, 0.15) is 0 Å². The first-order valence-electron chi connectivity index (χ1n) is 7.99. The molecule has 1 aliphatic rings. The third-order valence-electron chi connectivity index (χ3n) is 4.43. The molecule has 0 spiro atoms. The zero-order valence-electron chi connectivity index (χ0n) is 13.9. The highest BCUT2D eigenvalue weighted by Gasteiger charge is 2.39. The van der Waals surface area contributed by atoms with Crippen molar-refractivity contribution in [2.24, 2.45) is 11.8 Å². The van der Waals surface area contributed by atoms with Crippen molar-refractivity contribution >= 4 is 15.9 Å². The summed E-state index contributed by atoms with van der Waals surface area (Å²) in [4.78, 5) is 12.1. The van der Waals surface area contributed by atoms with Crippen LogP contribution in [-0.2, 0) is 21.2 Å². The van der Waals surface area contributed by atoms with Crippen LogP contribution in [-0.4, -0.2) is 54.2 Å². The van der Waals surface area contributed by atoms with Crippen LogP contribution in [0.5, 0.6) is 0 Å². The van der Waals surface area contributed by atoms with Crippen molar-refractivity contribution in [2.75, 3.05) is 19.3 Å². The van der Waals surface area contributed by atoms with Gasteiger partial charge in [0.25, 0.3) is 0 Å². The molecule has 0 bridgehead atoms. The summed E-state index contributed by atoms with van der Waals surface area (Å²) in [5.41, 5.74) is 1.09. The minimum atomic E-state index is -3.21. The Bertz CT molecular complexity index is 613. The number of hydrogen-bond acceptors (Lipinski definition) is 4. The standard InChI is InChI=1S/C15H26N4O3S/c1-11(2)13-9-19(23(3,21)22)10-14(13)18-15(20)6-4-5-12-7-16-17-8-12/h7-8,11,13-14H,4-6,9-10H2,1-3H3,(H,16,17)(H,18,20)/t13-,14+/m0/s1. The maximum absolute atomic E-state index is 12.1. The normalized spacial score (nSPS) is 22.6. The van der Waals surface area contributed by atoms with Gasteiger partial charge in [-0.05, 0) is 30.2 Å². The van der Waals surface area contributed by atoms with E-state index in [0.717, 1.165) is 18.4 Å². The molecular weight excluding hydrogens is 316 g/mol. The van der Waals surface area contributed by atoms with Crippen LogP contribution in [0.2, 0.25) is 0 Å². The van der Waals surface area contributed by atoms with Gasteiger partial charge in [-0.1, -0.05) is 13.8 Å². The van der Waals surface area contributed by atoms with E-state index < -0.39 is 10.0 Å². The number of H-pyrrole nitrogens is 1. The lowest BCUT2D eigenvalue weighted by Crippen LogP contribution is -2.42. The maximum Gasteiger partial charge on any atom is 0.220 e. The number of nitrogens with zero attached hydrogens (tertiary/aromatic N) is 2. The maximum atomic E-state index is 12.1. The van der Waals surface area contributed by atoms with E-state index in [2.05, 4.69) is 29.4 Å². The molecule has 130 valence electrons. The summed E-state index contributed by atoms with van der Waals surface area (Å²) in [7, 11) is -3.21. The van der Waals surface area contributed by atoms with Crippen LogP contribution >= 0.6 is 0 Å². The summed E-state index contributed by atoms with van der Waals surface area (Å²) in [5.74, 6) is 0.458. The second-order valence-corrected chi connectivity index (χ2v) is 8.60. The summed E-state index contributed by atoms with van der Waals surface area (Å²) in [6, 6.07) is -0.105. The van der Waals surface area contributed by atoms with Crippen molar-refractivity contribution in [1.29, 1.82) is 0 Å². The first-order chi connectivity index (χ1) is 10.8. The molecule has 1 aromatic rings. The van der Waals surface area contributed by atoms with Crippen LogP contribution in [0.15, 0.2) is 12.4 Å². The Hall–Kier alpha value is -1.41. The molecule has 0 aliphatic carbocycles. The van der Waals surface area contributed by atoms with Crippen LogP contribution in [0.25, 0.3) is 0 Å². The van der Waals surface area contributed by atoms with Crippen molar-refractivity contribution in [2.45, 2.75) is 39.2 Å². The van der Waals surface area contributed by atoms with Crippen LogP contribution in [0, 0.1) is 11.8 Å². The molecular formula is C15H26N4O3S. The highest BCUT2D eigenvalue weighted by atomic mass is 32.2. The van der Waals surface area contributed by atoms with Gasteiger partial charge in [0, 0.05) is 31.7 Å². The molecule has 1 aliphatic heterocycles. The van der Waals surface area contributed by atoms with Crippen LogP contribution < -0.4 is 5.32 Å². The topological polar surface area (TPSA) is 95.2 Å². The molecule has 2 N–H and O–H groups in total. The Morgan fingerprint density at radius 2 is 2.22 bits per heavy atom. The van der Waals surface area contributed by atoms with Crippen molar-refractivity contribution in [3.8, 4) is 0 Å². The Kier molecular flexibility index (Phi) is 5.80. The lowest BCUT2D eigenvalue weighted by Gasteiger charge is -2.22. The number of carbonyl (C=O) groups excluding carboxylic acids is 1. The fourth-order valence-corrected chi connectivity index (χ4v) is 3.91. The molecule has 2 atom stereocenters. The molecule has 7 nitrogen and oxygen atoms in total. The predicted octanol–water partition coefficient (Wildman–Crippen LogP) is 0.765. The molecule has 1 saturated heterocycles. The Morgan fingerprint density at radius 1 is 1.48 bits per heavy atom. The van der Waals surface area contributed by atoms with Gasteiger partial charge in [0.05, 0.1) is 12.5 Å². The number of hydrogen-bond donors (Lipinski definition) is 2.